The maximum atomic E-state index is 12.0. The van der Waals surface area contributed by atoms with E-state index in [1.54, 1.807) is 0 Å². The Kier molecular flexibility index (Phi) is 4.63. The second-order valence-electron chi connectivity index (χ2n) is 5.57. The van der Waals surface area contributed by atoms with E-state index in [9.17, 15) is 9.59 Å². The van der Waals surface area contributed by atoms with E-state index in [-0.39, 0.29) is 11.9 Å². The van der Waals surface area contributed by atoms with Crippen LogP contribution in [0.3, 0.4) is 0 Å². The Morgan fingerprint density at radius 1 is 1.37 bits per heavy atom. The smallest absolute Gasteiger partial charge is 0.317 e. The highest BCUT2D eigenvalue weighted by Gasteiger charge is 2.31. The molecule has 0 aromatic heterocycles. The number of nitrogens with one attached hydrogen (secondary N) is 2. The summed E-state index contributed by atoms with van der Waals surface area (Å²) in [6.07, 6.45) is 1.78. The van der Waals surface area contributed by atoms with Gasteiger partial charge in [-0.25, -0.2) is 4.79 Å². The standard InChI is InChI=1S/C13H24N4O2/c1-10(2)15-9-12(18)16-6-3-11(4-7-16)17-8-5-14-13(17)19/h10-11,15H,3-9H2,1-2H3,(H,14,19). The van der Waals surface area contributed by atoms with Gasteiger partial charge in [0.05, 0.1) is 6.54 Å². The van der Waals surface area contributed by atoms with Crippen LogP contribution in [0.4, 0.5) is 4.79 Å². The van der Waals surface area contributed by atoms with Gasteiger partial charge in [-0.3, -0.25) is 4.79 Å². The third kappa shape index (κ3) is 3.59. The van der Waals surface area contributed by atoms with Gasteiger partial charge in [0.15, 0.2) is 0 Å². The van der Waals surface area contributed by atoms with Crippen LogP contribution >= 0.6 is 0 Å². The number of carbonyl (C=O) groups excluding carboxylic acids is 2. The van der Waals surface area contributed by atoms with Crippen molar-refractivity contribution in [3.05, 3.63) is 0 Å². The molecule has 0 bridgehead atoms. The van der Waals surface area contributed by atoms with E-state index in [0.717, 1.165) is 39.0 Å². The van der Waals surface area contributed by atoms with E-state index in [1.165, 1.54) is 0 Å². The van der Waals surface area contributed by atoms with Crippen LogP contribution in [0, 0.1) is 0 Å². The fourth-order valence-corrected chi connectivity index (χ4v) is 2.66. The lowest BCUT2D eigenvalue weighted by Gasteiger charge is -2.36. The van der Waals surface area contributed by atoms with Gasteiger partial charge in [0.25, 0.3) is 0 Å². The molecule has 0 aromatic rings. The van der Waals surface area contributed by atoms with Crippen molar-refractivity contribution in [2.24, 2.45) is 0 Å². The lowest BCUT2D eigenvalue weighted by molar-refractivity contribution is -0.131. The number of nitrogens with zero attached hydrogens (tertiary/aromatic N) is 2. The van der Waals surface area contributed by atoms with Crippen LogP contribution in [-0.4, -0.2) is 66.5 Å². The number of piperidine rings is 1. The van der Waals surface area contributed by atoms with Crippen molar-refractivity contribution >= 4 is 11.9 Å². The topological polar surface area (TPSA) is 64.7 Å². The summed E-state index contributed by atoms with van der Waals surface area (Å²) < 4.78 is 0. The highest BCUT2D eigenvalue weighted by Crippen LogP contribution is 2.18. The fraction of sp³-hybridized carbons (Fsp3) is 0.846. The van der Waals surface area contributed by atoms with Crippen LogP contribution < -0.4 is 10.6 Å². The molecule has 2 heterocycles. The molecule has 19 heavy (non-hydrogen) atoms. The Morgan fingerprint density at radius 2 is 2.05 bits per heavy atom. The lowest BCUT2D eigenvalue weighted by Crippen LogP contribution is -2.49. The molecule has 0 atom stereocenters. The summed E-state index contributed by atoms with van der Waals surface area (Å²) >= 11 is 0. The first-order chi connectivity index (χ1) is 9.08. The molecule has 6 nitrogen and oxygen atoms in total. The molecular formula is C13H24N4O2. The van der Waals surface area contributed by atoms with E-state index in [2.05, 4.69) is 10.6 Å². The van der Waals surface area contributed by atoms with Crippen molar-refractivity contribution in [2.75, 3.05) is 32.7 Å². The molecule has 6 heteroatoms. The van der Waals surface area contributed by atoms with Gasteiger partial charge in [-0.05, 0) is 12.8 Å². The molecule has 108 valence electrons. The summed E-state index contributed by atoms with van der Waals surface area (Å²) in [5, 5.41) is 5.98. The largest absolute Gasteiger partial charge is 0.341 e. The zero-order valence-electron chi connectivity index (χ0n) is 11.8. The summed E-state index contributed by atoms with van der Waals surface area (Å²) in [5.74, 6) is 0.165. The molecular weight excluding hydrogens is 244 g/mol. The zero-order chi connectivity index (χ0) is 13.8. The van der Waals surface area contributed by atoms with Gasteiger partial charge in [-0.1, -0.05) is 13.8 Å². The summed E-state index contributed by atoms with van der Waals surface area (Å²) in [4.78, 5) is 27.4. The monoisotopic (exact) mass is 268 g/mol. The maximum absolute atomic E-state index is 12.0. The summed E-state index contributed by atoms with van der Waals surface area (Å²) in [6, 6.07) is 0.672. The summed E-state index contributed by atoms with van der Waals surface area (Å²) in [7, 11) is 0. The van der Waals surface area contributed by atoms with Crippen molar-refractivity contribution in [3.63, 3.8) is 0 Å². The number of amides is 3. The molecule has 0 aliphatic carbocycles. The zero-order valence-corrected chi connectivity index (χ0v) is 11.8. The van der Waals surface area contributed by atoms with Crippen molar-refractivity contribution in [1.82, 2.24) is 20.4 Å². The van der Waals surface area contributed by atoms with Crippen molar-refractivity contribution in [1.29, 1.82) is 0 Å². The molecule has 2 saturated heterocycles. The maximum Gasteiger partial charge on any atom is 0.317 e. The third-order valence-electron chi connectivity index (χ3n) is 3.81. The average molecular weight is 268 g/mol. The Balaban J connectivity index is 1.75. The fourth-order valence-electron chi connectivity index (χ4n) is 2.66. The average Bonchev–Trinajstić information content (AvgIpc) is 2.82. The Morgan fingerprint density at radius 3 is 2.58 bits per heavy atom. The van der Waals surface area contributed by atoms with Gasteiger partial charge in [-0.15, -0.1) is 0 Å². The van der Waals surface area contributed by atoms with Gasteiger partial charge in [0, 0.05) is 38.3 Å². The van der Waals surface area contributed by atoms with E-state index in [1.807, 2.05) is 23.6 Å². The van der Waals surface area contributed by atoms with Gasteiger partial charge in [-0.2, -0.15) is 0 Å². The highest BCUT2D eigenvalue weighted by atomic mass is 16.2. The third-order valence-corrected chi connectivity index (χ3v) is 3.81. The first-order valence-corrected chi connectivity index (χ1v) is 7.13. The molecule has 2 rings (SSSR count). The summed E-state index contributed by atoms with van der Waals surface area (Å²) in [5.41, 5.74) is 0. The molecule has 2 aliphatic heterocycles. The molecule has 0 unspecified atom stereocenters. The van der Waals surface area contributed by atoms with E-state index in [4.69, 9.17) is 0 Å². The number of carbonyl (C=O) groups is 2. The molecule has 0 spiro atoms. The quantitative estimate of drug-likeness (QED) is 0.754. The molecule has 3 amide bonds. The minimum absolute atomic E-state index is 0.0475. The van der Waals surface area contributed by atoms with Crippen LogP contribution in [0.15, 0.2) is 0 Å². The van der Waals surface area contributed by atoms with Crippen LogP contribution in [-0.2, 0) is 4.79 Å². The van der Waals surface area contributed by atoms with E-state index >= 15 is 0 Å². The SMILES string of the molecule is CC(C)NCC(=O)N1CCC(N2CCNC2=O)CC1. The van der Waals surface area contributed by atoms with Crippen molar-refractivity contribution < 1.29 is 9.59 Å². The van der Waals surface area contributed by atoms with E-state index in [0.29, 0.717) is 18.6 Å². The second kappa shape index (κ2) is 6.23. The van der Waals surface area contributed by atoms with Crippen molar-refractivity contribution in [2.45, 2.75) is 38.8 Å². The molecule has 0 aromatic carbocycles. The first kappa shape index (κ1) is 14.1. The molecule has 0 radical (unpaired) electrons. The minimum atomic E-state index is 0.0475. The Hall–Kier alpha value is -1.30. The van der Waals surface area contributed by atoms with Crippen LogP contribution in [0.5, 0.6) is 0 Å². The molecule has 2 fully saturated rings. The molecule has 2 N–H and O–H groups in total. The highest BCUT2D eigenvalue weighted by molar-refractivity contribution is 5.78. The lowest BCUT2D eigenvalue weighted by atomic mass is 10.0. The molecule has 2 aliphatic rings. The van der Waals surface area contributed by atoms with E-state index < -0.39 is 0 Å². The predicted molar refractivity (Wildman–Crippen MR) is 72.8 cm³/mol. The van der Waals surface area contributed by atoms with Gasteiger partial charge in [0.1, 0.15) is 0 Å². The Bertz CT molecular complexity index is 338. The summed E-state index contributed by atoms with van der Waals surface area (Å²) in [6.45, 7) is 7.53. The van der Waals surface area contributed by atoms with Crippen molar-refractivity contribution in [3.8, 4) is 0 Å². The number of hydrogen-bond acceptors (Lipinski definition) is 3. The number of likely N-dealkylation sites (tertiary alicyclic amines) is 1. The number of hydrogen-bond donors (Lipinski definition) is 2. The van der Waals surface area contributed by atoms with Crippen LogP contribution in [0.1, 0.15) is 26.7 Å². The first-order valence-electron chi connectivity index (χ1n) is 7.13. The molecule has 0 saturated carbocycles. The number of rotatable bonds is 4. The van der Waals surface area contributed by atoms with Gasteiger partial charge >= 0.3 is 6.03 Å². The predicted octanol–water partition coefficient (Wildman–Crippen LogP) is 0.000600. The normalized spacial score (nSPS) is 21.1. The van der Waals surface area contributed by atoms with Gasteiger partial charge in [0.2, 0.25) is 5.91 Å². The van der Waals surface area contributed by atoms with Crippen LogP contribution in [0.25, 0.3) is 0 Å². The Labute approximate surface area is 114 Å². The van der Waals surface area contributed by atoms with Crippen LogP contribution in [0.2, 0.25) is 0 Å². The van der Waals surface area contributed by atoms with Gasteiger partial charge < -0.3 is 20.4 Å². The second-order valence-corrected chi connectivity index (χ2v) is 5.57. The number of urea groups is 1. The minimum Gasteiger partial charge on any atom is -0.341 e.